The zero-order chi connectivity index (χ0) is 13.8. The first-order valence-corrected chi connectivity index (χ1v) is 5.55. The van der Waals surface area contributed by atoms with Crippen LogP contribution in [0.3, 0.4) is 0 Å². The van der Waals surface area contributed by atoms with Gasteiger partial charge >= 0.3 is 11.9 Å². The predicted molar refractivity (Wildman–Crippen MR) is 64.7 cm³/mol. The minimum atomic E-state index is -1.10. The lowest BCUT2D eigenvalue weighted by Gasteiger charge is -2.04. The zero-order valence-electron chi connectivity index (χ0n) is 10.1. The van der Waals surface area contributed by atoms with Gasteiger partial charge in [-0.2, -0.15) is 10.3 Å². The molecule has 0 unspecified atom stereocenters. The Balaban J connectivity index is 2.52. The molecular weight excluding hydrogens is 250 g/mol. The highest BCUT2D eigenvalue weighted by Crippen LogP contribution is 2.24. The molecule has 0 atom stereocenters. The van der Waals surface area contributed by atoms with Crippen LogP contribution in [0.15, 0.2) is 24.3 Å². The molecule has 0 fully saturated rings. The Bertz CT molecular complexity index is 621. The fraction of sp³-hybridized carbons (Fsp3) is 0.167. The second-order valence-electron chi connectivity index (χ2n) is 3.59. The van der Waals surface area contributed by atoms with Crippen molar-refractivity contribution in [3.63, 3.8) is 0 Å². The van der Waals surface area contributed by atoms with Crippen molar-refractivity contribution < 1.29 is 19.4 Å². The van der Waals surface area contributed by atoms with Crippen LogP contribution in [0.25, 0.3) is 11.3 Å². The van der Waals surface area contributed by atoms with Crippen LogP contribution in [0.4, 0.5) is 0 Å². The van der Waals surface area contributed by atoms with E-state index in [9.17, 15) is 9.59 Å². The predicted octanol–water partition coefficient (Wildman–Crippen LogP) is 1.35. The number of rotatable bonds is 4. The molecule has 2 rings (SSSR count). The molecule has 1 aromatic heterocycles. The maximum atomic E-state index is 11.7. The van der Waals surface area contributed by atoms with E-state index in [0.29, 0.717) is 5.56 Å². The lowest BCUT2D eigenvalue weighted by Crippen LogP contribution is -2.08. The number of nitrogens with zero attached hydrogens (tertiary/aromatic N) is 2. The average molecular weight is 261 g/mol. The van der Waals surface area contributed by atoms with Crippen LogP contribution in [0.1, 0.15) is 27.8 Å². The van der Waals surface area contributed by atoms with E-state index in [1.165, 1.54) is 6.07 Å². The smallest absolute Gasteiger partial charge is 0.361 e. The van der Waals surface area contributed by atoms with Crippen molar-refractivity contribution in [1.82, 2.24) is 15.4 Å². The number of carboxylic acids is 1. The summed E-state index contributed by atoms with van der Waals surface area (Å²) in [6.07, 6.45) is 0. The topological polar surface area (TPSA) is 105 Å². The van der Waals surface area contributed by atoms with Crippen LogP contribution >= 0.6 is 0 Å². The third-order valence-corrected chi connectivity index (χ3v) is 2.43. The SMILES string of the molecule is CCOC(=O)c1n[nH]nc1-c1ccccc1C(=O)O. The molecule has 7 nitrogen and oxygen atoms in total. The van der Waals surface area contributed by atoms with Crippen LogP contribution in [0.5, 0.6) is 0 Å². The molecule has 1 heterocycles. The Morgan fingerprint density at radius 3 is 2.74 bits per heavy atom. The Hall–Kier alpha value is -2.70. The minimum absolute atomic E-state index is 0.0319. The van der Waals surface area contributed by atoms with E-state index in [1.807, 2.05) is 0 Å². The molecule has 1 aromatic carbocycles. The summed E-state index contributed by atoms with van der Waals surface area (Å²) in [4.78, 5) is 22.8. The molecule has 2 aromatic rings. The van der Waals surface area contributed by atoms with E-state index in [2.05, 4.69) is 15.4 Å². The van der Waals surface area contributed by atoms with Crippen LogP contribution in [0, 0.1) is 0 Å². The number of esters is 1. The quantitative estimate of drug-likeness (QED) is 0.805. The number of aromatic carboxylic acids is 1. The van der Waals surface area contributed by atoms with Gasteiger partial charge in [-0.3, -0.25) is 0 Å². The molecule has 0 saturated carbocycles. The Labute approximate surface area is 108 Å². The standard InChI is InChI=1S/C12H11N3O4/c1-2-19-12(18)10-9(13-15-14-10)7-5-3-4-6-8(7)11(16)17/h3-6H,2H2,1H3,(H,16,17)(H,13,14,15). The molecule has 0 bridgehead atoms. The van der Waals surface area contributed by atoms with Crippen molar-refractivity contribution in [2.24, 2.45) is 0 Å². The molecule has 0 spiro atoms. The maximum Gasteiger partial charge on any atom is 0.361 e. The van der Waals surface area contributed by atoms with Gasteiger partial charge in [-0.25, -0.2) is 9.59 Å². The summed E-state index contributed by atoms with van der Waals surface area (Å²) in [5, 5.41) is 19.0. The fourth-order valence-corrected chi connectivity index (χ4v) is 1.64. The van der Waals surface area contributed by atoms with Gasteiger partial charge in [0.25, 0.3) is 0 Å². The Morgan fingerprint density at radius 2 is 2.05 bits per heavy atom. The lowest BCUT2D eigenvalue weighted by molar-refractivity contribution is 0.0519. The molecule has 0 amide bonds. The van der Waals surface area contributed by atoms with Gasteiger partial charge in [0.05, 0.1) is 12.2 Å². The average Bonchev–Trinajstić information content (AvgIpc) is 2.88. The van der Waals surface area contributed by atoms with E-state index in [1.54, 1.807) is 25.1 Å². The highest BCUT2D eigenvalue weighted by molar-refractivity contribution is 6.00. The normalized spacial score (nSPS) is 10.2. The fourth-order valence-electron chi connectivity index (χ4n) is 1.64. The number of carbonyl (C=O) groups excluding carboxylic acids is 1. The van der Waals surface area contributed by atoms with Gasteiger partial charge in [-0.1, -0.05) is 18.2 Å². The first-order chi connectivity index (χ1) is 9.15. The number of carboxylic acid groups (broad SMARTS) is 1. The van der Waals surface area contributed by atoms with Gasteiger partial charge in [0.15, 0.2) is 5.69 Å². The van der Waals surface area contributed by atoms with Crippen molar-refractivity contribution in [1.29, 1.82) is 0 Å². The number of benzene rings is 1. The zero-order valence-corrected chi connectivity index (χ0v) is 10.1. The van der Waals surface area contributed by atoms with E-state index in [4.69, 9.17) is 9.84 Å². The number of hydrogen-bond donors (Lipinski definition) is 2. The lowest BCUT2D eigenvalue weighted by atomic mass is 10.0. The number of nitrogens with one attached hydrogen (secondary N) is 1. The third kappa shape index (κ3) is 2.44. The molecule has 0 radical (unpaired) electrons. The van der Waals surface area contributed by atoms with Gasteiger partial charge in [0.1, 0.15) is 5.69 Å². The van der Waals surface area contributed by atoms with E-state index in [-0.39, 0.29) is 23.6 Å². The first-order valence-electron chi connectivity index (χ1n) is 5.55. The number of aromatic nitrogens is 3. The molecule has 0 aliphatic heterocycles. The second-order valence-corrected chi connectivity index (χ2v) is 3.59. The number of ether oxygens (including phenoxy) is 1. The van der Waals surface area contributed by atoms with Gasteiger partial charge < -0.3 is 9.84 Å². The number of hydrogen-bond acceptors (Lipinski definition) is 5. The number of H-pyrrole nitrogens is 1. The van der Waals surface area contributed by atoms with E-state index >= 15 is 0 Å². The summed E-state index contributed by atoms with van der Waals surface area (Å²) < 4.78 is 4.84. The monoisotopic (exact) mass is 261 g/mol. The molecule has 19 heavy (non-hydrogen) atoms. The van der Waals surface area contributed by atoms with Crippen LogP contribution in [-0.4, -0.2) is 39.1 Å². The van der Waals surface area contributed by atoms with Crippen molar-refractivity contribution in [2.45, 2.75) is 6.92 Å². The van der Waals surface area contributed by atoms with Crippen LogP contribution in [-0.2, 0) is 4.74 Å². The molecule has 98 valence electrons. The summed E-state index contributed by atoms with van der Waals surface area (Å²) in [6, 6.07) is 6.24. The van der Waals surface area contributed by atoms with E-state index in [0.717, 1.165) is 0 Å². The number of aromatic amines is 1. The number of carbonyl (C=O) groups is 2. The van der Waals surface area contributed by atoms with Crippen molar-refractivity contribution in [2.75, 3.05) is 6.61 Å². The van der Waals surface area contributed by atoms with Gasteiger partial charge in [0, 0.05) is 5.56 Å². The highest BCUT2D eigenvalue weighted by atomic mass is 16.5. The van der Waals surface area contributed by atoms with Crippen molar-refractivity contribution in [3.8, 4) is 11.3 Å². The van der Waals surface area contributed by atoms with Crippen LogP contribution < -0.4 is 0 Å². The first kappa shape index (κ1) is 12.7. The molecule has 0 aliphatic rings. The largest absolute Gasteiger partial charge is 0.478 e. The molecular formula is C12H11N3O4. The van der Waals surface area contributed by atoms with Gasteiger partial charge in [-0.05, 0) is 13.0 Å². The Morgan fingerprint density at radius 1 is 1.32 bits per heavy atom. The second kappa shape index (κ2) is 5.30. The maximum absolute atomic E-state index is 11.7. The summed E-state index contributed by atoms with van der Waals surface area (Å²) in [5.41, 5.74) is 0.487. The molecule has 0 saturated heterocycles. The minimum Gasteiger partial charge on any atom is -0.478 e. The third-order valence-electron chi connectivity index (χ3n) is 2.43. The summed E-state index contributed by atoms with van der Waals surface area (Å²) in [5.74, 6) is -1.75. The van der Waals surface area contributed by atoms with E-state index < -0.39 is 11.9 Å². The van der Waals surface area contributed by atoms with Crippen LogP contribution in [0.2, 0.25) is 0 Å². The van der Waals surface area contributed by atoms with Crippen molar-refractivity contribution >= 4 is 11.9 Å². The molecule has 7 heteroatoms. The molecule has 2 N–H and O–H groups in total. The Kier molecular flexibility index (Phi) is 3.56. The van der Waals surface area contributed by atoms with Gasteiger partial charge in [-0.15, -0.1) is 5.10 Å². The summed E-state index contributed by atoms with van der Waals surface area (Å²) >= 11 is 0. The summed E-state index contributed by atoms with van der Waals surface area (Å²) in [6.45, 7) is 1.87. The van der Waals surface area contributed by atoms with Gasteiger partial charge in [0.2, 0.25) is 0 Å². The molecule has 0 aliphatic carbocycles. The summed E-state index contributed by atoms with van der Waals surface area (Å²) in [7, 11) is 0. The van der Waals surface area contributed by atoms with Crippen molar-refractivity contribution in [3.05, 3.63) is 35.5 Å². The highest BCUT2D eigenvalue weighted by Gasteiger charge is 2.22.